The first kappa shape index (κ1) is 17.5. The average molecular weight is 393 g/mol. The number of nitrogens with one attached hydrogen (secondary N) is 1. The van der Waals surface area contributed by atoms with Gasteiger partial charge in [0.15, 0.2) is 5.57 Å². The summed E-state index contributed by atoms with van der Waals surface area (Å²) in [5.41, 5.74) is 1.29. The Morgan fingerprint density at radius 3 is 2.67 bits per heavy atom. The first-order valence-electron chi connectivity index (χ1n) is 8.44. The number of thiophene rings is 1. The van der Waals surface area contributed by atoms with E-state index >= 15 is 0 Å². The van der Waals surface area contributed by atoms with Crippen molar-refractivity contribution >= 4 is 40.2 Å². The maximum absolute atomic E-state index is 13.1. The van der Waals surface area contributed by atoms with Crippen LogP contribution < -0.4 is 20.1 Å². The Morgan fingerprint density at radius 1 is 1.26 bits per heavy atom. The molecule has 1 fully saturated rings. The van der Waals surface area contributed by atoms with Crippen molar-refractivity contribution in [2.24, 2.45) is 0 Å². The number of nitriles is 1. The van der Waals surface area contributed by atoms with Crippen LogP contribution in [-0.4, -0.2) is 16.5 Å². The number of benzene rings is 1. The van der Waals surface area contributed by atoms with Crippen LogP contribution in [0.5, 0.6) is 0 Å². The Morgan fingerprint density at radius 2 is 2.04 bits per heavy atom. The van der Waals surface area contributed by atoms with E-state index in [1.165, 1.54) is 15.9 Å². The van der Waals surface area contributed by atoms with E-state index < -0.39 is 5.91 Å². The van der Waals surface area contributed by atoms with Crippen molar-refractivity contribution in [3.05, 3.63) is 72.3 Å². The molecule has 0 saturated heterocycles. The molecule has 0 atom stereocenters. The SMILES string of the molecule is N#C/C(C(=O)NC1CC1)=c1/s/c(=C/c2ccsc2)c(=O)n1-c1ccccc1. The van der Waals surface area contributed by atoms with Crippen molar-refractivity contribution in [1.29, 1.82) is 5.26 Å². The summed E-state index contributed by atoms with van der Waals surface area (Å²) >= 11 is 2.71. The summed E-state index contributed by atoms with van der Waals surface area (Å²) in [5.74, 6) is -0.423. The van der Waals surface area contributed by atoms with Crippen LogP contribution in [0.4, 0.5) is 0 Å². The highest BCUT2D eigenvalue weighted by Crippen LogP contribution is 2.19. The lowest BCUT2D eigenvalue weighted by Gasteiger charge is -2.04. The Labute approximate surface area is 163 Å². The molecule has 0 bridgehead atoms. The van der Waals surface area contributed by atoms with Gasteiger partial charge in [-0.25, -0.2) is 0 Å². The molecule has 1 aliphatic carbocycles. The quantitative estimate of drug-likeness (QED) is 0.734. The first-order valence-corrected chi connectivity index (χ1v) is 10.2. The molecule has 0 unspecified atom stereocenters. The fraction of sp³-hybridized carbons (Fsp3) is 0.150. The molecule has 2 heterocycles. The summed E-state index contributed by atoms with van der Waals surface area (Å²) in [5, 5.41) is 16.4. The van der Waals surface area contributed by atoms with Crippen LogP contribution in [0.15, 0.2) is 52.0 Å². The van der Waals surface area contributed by atoms with Gasteiger partial charge in [-0.1, -0.05) is 18.2 Å². The molecule has 3 aromatic rings. The van der Waals surface area contributed by atoms with Gasteiger partial charge in [0, 0.05) is 6.04 Å². The Balaban J connectivity index is 2.00. The van der Waals surface area contributed by atoms with Crippen molar-refractivity contribution in [2.75, 3.05) is 0 Å². The van der Waals surface area contributed by atoms with E-state index in [1.54, 1.807) is 29.5 Å². The average Bonchev–Trinajstić information content (AvgIpc) is 3.23. The zero-order valence-electron chi connectivity index (χ0n) is 14.2. The molecule has 2 aromatic heterocycles. The van der Waals surface area contributed by atoms with Crippen LogP contribution in [0.2, 0.25) is 0 Å². The van der Waals surface area contributed by atoms with Gasteiger partial charge in [-0.3, -0.25) is 14.2 Å². The normalized spacial score (nSPS) is 15.3. The molecular formula is C20H15N3O2S2. The van der Waals surface area contributed by atoms with Crippen molar-refractivity contribution in [1.82, 2.24) is 9.88 Å². The predicted molar refractivity (Wildman–Crippen MR) is 107 cm³/mol. The highest BCUT2D eigenvalue weighted by atomic mass is 32.1. The van der Waals surface area contributed by atoms with Crippen molar-refractivity contribution in [3.8, 4) is 11.8 Å². The first-order chi connectivity index (χ1) is 13.2. The van der Waals surface area contributed by atoms with E-state index in [4.69, 9.17) is 0 Å². The lowest BCUT2D eigenvalue weighted by Crippen LogP contribution is -2.34. The van der Waals surface area contributed by atoms with Gasteiger partial charge in [-0.05, 0) is 53.4 Å². The molecule has 0 spiro atoms. The lowest BCUT2D eigenvalue weighted by atomic mass is 10.2. The van der Waals surface area contributed by atoms with E-state index in [1.807, 2.05) is 41.1 Å². The van der Waals surface area contributed by atoms with Gasteiger partial charge in [0.2, 0.25) is 0 Å². The molecule has 27 heavy (non-hydrogen) atoms. The van der Waals surface area contributed by atoms with E-state index in [0.717, 1.165) is 18.4 Å². The minimum absolute atomic E-state index is 0.0298. The molecule has 1 aliphatic rings. The Hall–Kier alpha value is -2.95. The second-order valence-electron chi connectivity index (χ2n) is 6.18. The Bertz CT molecular complexity index is 1190. The molecule has 4 rings (SSSR count). The molecule has 1 saturated carbocycles. The number of hydrogen-bond acceptors (Lipinski definition) is 5. The third-order valence-corrected chi connectivity index (χ3v) is 5.94. The summed E-state index contributed by atoms with van der Waals surface area (Å²) in [4.78, 5) is 25.6. The zero-order chi connectivity index (χ0) is 18.8. The highest BCUT2D eigenvalue weighted by molar-refractivity contribution is 7.08. The number of carbonyl (C=O) groups excluding carboxylic acids is 1. The Kier molecular flexibility index (Phi) is 4.75. The number of hydrogen-bond donors (Lipinski definition) is 1. The van der Waals surface area contributed by atoms with Gasteiger partial charge in [0.05, 0.1) is 10.2 Å². The monoisotopic (exact) mass is 393 g/mol. The summed E-state index contributed by atoms with van der Waals surface area (Å²) in [6.45, 7) is 0. The van der Waals surface area contributed by atoms with Crippen molar-refractivity contribution in [3.63, 3.8) is 0 Å². The number of para-hydroxylation sites is 1. The third kappa shape index (κ3) is 3.63. The highest BCUT2D eigenvalue weighted by Gasteiger charge is 2.26. The molecule has 0 radical (unpaired) electrons. The summed E-state index contributed by atoms with van der Waals surface area (Å²) in [6, 6.07) is 13.1. The van der Waals surface area contributed by atoms with Crippen molar-refractivity contribution < 1.29 is 4.79 Å². The van der Waals surface area contributed by atoms with Crippen LogP contribution in [0.25, 0.3) is 17.3 Å². The van der Waals surface area contributed by atoms with Gasteiger partial charge in [-0.15, -0.1) is 11.3 Å². The molecule has 7 heteroatoms. The second-order valence-corrected chi connectivity index (χ2v) is 7.99. The molecule has 5 nitrogen and oxygen atoms in total. The van der Waals surface area contributed by atoms with E-state index in [9.17, 15) is 14.9 Å². The minimum Gasteiger partial charge on any atom is -0.349 e. The maximum Gasteiger partial charge on any atom is 0.273 e. The summed E-state index contributed by atoms with van der Waals surface area (Å²) in [6.07, 6.45) is 3.65. The smallest absolute Gasteiger partial charge is 0.273 e. The maximum atomic E-state index is 13.1. The van der Waals surface area contributed by atoms with Crippen LogP contribution in [0.3, 0.4) is 0 Å². The molecule has 134 valence electrons. The van der Waals surface area contributed by atoms with E-state index in [0.29, 0.717) is 14.9 Å². The number of aromatic nitrogens is 1. The van der Waals surface area contributed by atoms with Crippen LogP contribution in [-0.2, 0) is 4.79 Å². The number of nitrogens with zero attached hydrogens (tertiary/aromatic N) is 2. The fourth-order valence-corrected chi connectivity index (χ4v) is 4.37. The van der Waals surface area contributed by atoms with Crippen molar-refractivity contribution in [2.45, 2.75) is 18.9 Å². The summed E-state index contributed by atoms with van der Waals surface area (Å²) in [7, 11) is 0. The van der Waals surface area contributed by atoms with E-state index in [-0.39, 0.29) is 17.2 Å². The van der Waals surface area contributed by atoms with Crippen LogP contribution in [0.1, 0.15) is 18.4 Å². The second kappa shape index (κ2) is 7.35. The summed E-state index contributed by atoms with van der Waals surface area (Å²) < 4.78 is 2.29. The minimum atomic E-state index is -0.423. The number of amides is 1. The predicted octanol–water partition coefficient (Wildman–Crippen LogP) is 1.74. The van der Waals surface area contributed by atoms with Gasteiger partial charge < -0.3 is 5.32 Å². The fourth-order valence-electron chi connectivity index (χ4n) is 2.65. The number of carbonyl (C=O) groups is 1. The zero-order valence-corrected chi connectivity index (χ0v) is 15.8. The van der Waals surface area contributed by atoms with Crippen LogP contribution in [0, 0.1) is 11.3 Å². The third-order valence-electron chi connectivity index (χ3n) is 4.14. The number of rotatable bonds is 4. The van der Waals surface area contributed by atoms with Gasteiger partial charge in [0.25, 0.3) is 11.5 Å². The molecule has 0 aliphatic heterocycles. The number of thiazole rings is 1. The van der Waals surface area contributed by atoms with Gasteiger partial charge >= 0.3 is 0 Å². The molecule has 1 aromatic carbocycles. The van der Waals surface area contributed by atoms with Gasteiger partial charge in [0.1, 0.15) is 10.7 Å². The standard InChI is InChI=1S/C20H15N3O2S2/c21-11-16(18(24)22-14-6-7-14)20-23(15-4-2-1-3-5-15)19(25)17(27-20)10-13-8-9-26-12-13/h1-5,8-10,12,14H,6-7H2,(H,22,24)/b17-10+,20-16-. The van der Waals surface area contributed by atoms with E-state index in [2.05, 4.69) is 5.32 Å². The lowest BCUT2D eigenvalue weighted by molar-refractivity contribution is -0.115. The van der Waals surface area contributed by atoms with Gasteiger partial charge in [-0.2, -0.15) is 16.6 Å². The van der Waals surface area contributed by atoms with Crippen LogP contribution >= 0.6 is 22.7 Å². The molecule has 1 amide bonds. The largest absolute Gasteiger partial charge is 0.349 e. The topological polar surface area (TPSA) is 74.9 Å². The molecular weight excluding hydrogens is 378 g/mol. The molecule has 1 N–H and O–H groups in total.